The number of rotatable bonds is 7. The molecule has 1 aliphatic heterocycles. The highest BCUT2D eigenvalue weighted by Crippen LogP contribution is 2.20. The number of hydrogen-bond acceptors (Lipinski definition) is 5. The molecule has 4 rings (SSSR count). The predicted molar refractivity (Wildman–Crippen MR) is 114 cm³/mol. The lowest BCUT2D eigenvalue weighted by Gasteiger charge is -2.34. The molecule has 6 nitrogen and oxygen atoms in total. The van der Waals surface area contributed by atoms with E-state index >= 15 is 0 Å². The Morgan fingerprint density at radius 2 is 1.68 bits per heavy atom. The summed E-state index contributed by atoms with van der Waals surface area (Å²) in [6, 6.07) is 17.5. The van der Waals surface area contributed by atoms with E-state index in [-0.39, 0.29) is 18.3 Å². The fourth-order valence-corrected chi connectivity index (χ4v) is 3.53. The van der Waals surface area contributed by atoms with Crippen LogP contribution in [0.5, 0.6) is 11.5 Å². The zero-order valence-corrected chi connectivity index (χ0v) is 17.4. The van der Waals surface area contributed by atoms with Crippen LogP contribution in [0.4, 0.5) is 4.39 Å². The van der Waals surface area contributed by atoms with Crippen molar-refractivity contribution in [1.82, 2.24) is 9.80 Å². The number of methoxy groups -OCH3 is 1. The third-order valence-electron chi connectivity index (χ3n) is 5.32. The van der Waals surface area contributed by atoms with Crippen LogP contribution >= 0.6 is 0 Å². The smallest absolute Gasteiger partial charge is 0.289 e. The number of nitrogens with zero attached hydrogens (tertiary/aromatic N) is 2. The first kappa shape index (κ1) is 20.9. The molecule has 3 aromatic rings. The minimum Gasteiger partial charge on any atom is -0.497 e. The predicted octanol–water partition coefficient (Wildman–Crippen LogP) is 3.96. The van der Waals surface area contributed by atoms with Gasteiger partial charge in [-0.25, -0.2) is 4.39 Å². The van der Waals surface area contributed by atoms with Crippen molar-refractivity contribution in [2.75, 3.05) is 33.3 Å². The van der Waals surface area contributed by atoms with Gasteiger partial charge in [0.25, 0.3) is 5.91 Å². The van der Waals surface area contributed by atoms with Gasteiger partial charge in [0.1, 0.15) is 29.7 Å². The summed E-state index contributed by atoms with van der Waals surface area (Å²) in [5.41, 5.74) is 0.676. The molecule has 2 aromatic carbocycles. The number of carbonyl (C=O) groups is 1. The van der Waals surface area contributed by atoms with Crippen LogP contribution in [0, 0.1) is 5.82 Å². The summed E-state index contributed by atoms with van der Waals surface area (Å²) in [7, 11) is 1.61. The molecule has 0 radical (unpaired) electrons. The molecule has 31 heavy (non-hydrogen) atoms. The van der Waals surface area contributed by atoms with E-state index in [1.165, 1.54) is 6.07 Å². The van der Waals surface area contributed by atoms with E-state index in [1.54, 1.807) is 36.3 Å². The highest BCUT2D eigenvalue weighted by molar-refractivity contribution is 5.91. The molecule has 1 aromatic heterocycles. The third kappa shape index (κ3) is 5.24. The summed E-state index contributed by atoms with van der Waals surface area (Å²) < 4.78 is 30.4. The zero-order valence-electron chi connectivity index (χ0n) is 17.4. The molecule has 0 aliphatic carbocycles. The lowest BCUT2D eigenvalue weighted by Crippen LogP contribution is -2.48. The van der Waals surface area contributed by atoms with Crippen LogP contribution in [-0.4, -0.2) is 49.0 Å². The number of hydrogen-bond donors (Lipinski definition) is 0. The zero-order chi connectivity index (χ0) is 21.6. The van der Waals surface area contributed by atoms with Gasteiger partial charge in [0.15, 0.2) is 5.76 Å². The van der Waals surface area contributed by atoms with E-state index in [1.807, 2.05) is 30.3 Å². The molecule has 1 fully saturated rings. The second kappa shape index (κ2) is 9.66. The second-order valence-electron chi connectivity index (χ2n) is 7.39. The minimum absolute atomic E-state index is 0.138. The summed E-state index contributed by atoms with van der Waals surface area (Å²) in [6.07, 6.45) is 0. The average molecular weight is 424 g/mol. The van der Waals surface area contributed by atoms with E-state index in [0.717, 1.165) is 5.75 Å². The van der Waals surface area contributed by atoms with Gasteiger partial charge in [-0.3, -0.25) is 9.69 Å². The molecule has 0 bridgehead atoms. The van der Waals surface area contributed by atoms with Crippen molar-refractivity contribution in [2.45, 2.75) is 13.2 Å². The molecule has 0 atom stereocenters. The SMILES string of the molecule is COc1ccc(OCc2ccc(C(=O)N3CCN(Cc4ccccc4F)CC3)o2)cc1. The van der Waals surface area contributed by atoms with Crippen LogP contribution in [0.25, 0.3) is 0 Å². The second-order valence-corrected chi connectivity index (χ2v) is 7.39. The standard InChI is InChI=1S/C24H25FN2O4/c1-29-19-6-8-20(9-7-19)30-17-21-10-11-23(31-21)24(28)27-14-12-26(13-15-27)16-18-4-2-3-5-22(18)25/h2-11H,12-17H2,1H3. The van der Waals surface area contributed by atoms with Crippen molar-refractivity contribution >= 4 is 5.91 Å². The van der Waals surface area contributed by atoms with Gasteiger partial charge < -0.3 is 18.8 Å². The van der Waals surface area contributed by atoms with Gasteiger partial charge in [0, 0.05) is 38.3 Å². The maximum Gasteiger partial charge on any atom is 0.289 e. The van der Waals surface area contributed by atoms with Gasteiger partial charge in [0.05, 0.1) is 7.11 Å². The first-order valence-electron chi connectivity index (χ1n) is 10.2. The summed E-state index contributed by atoms with van der Waals surface area (Å²) in [5.74, 6) is 2.00. The van der Waals surface area contributed by atoms with Gasteiger partial charge in [-0.1, -0.05) is 18.2 Å². The number of halogens is 1. The molecular formula is C24H25FN2O4. The number of amides is 1. The first-order valence-corrected chi connectivity index (χ1v) is 10.2. The molecule has 1 aliphatic rings. The molecule has 2 heterocycles. The number of carbonyl (C=O) groups excluding carboxylic acids is 1. The summed E-state index contributed by atoms with van der Waals surface area (Å²) in [5, 5.41) is 0. The maximum atomic E-state index is 13.9. The fourth-order valence-electron chi connectivity index (χ4n) is 3.53. The Morgan fingerprint density at radius 3 is 2.39 bits per heavy atom. The van der Waals surface area contributed by atoms with Crippen molar-refractivity contribution < 1.29 is 23.1 Å². The third-order valence-corrected chi connectivity index (χ3v) is 5.32. The average Bonchev–Trinajstić information content (AvgIpc) is 3.29. The van der Waals surface area contributed by atoms with Crippen molar-refractivity contribution in [2.24, 2.45) is 0 Å². The molecule has 7 heteroatoms. The Labute approximate surface area is 180 Å². The quantitative estimate of drug-likeness (QED) is 0.575. The van der Waals surface area contributed by atoms with Crippen LogP contribution in [0.2, 0.25) is 0 Å². The lowest BCUT2D eigenvalue weighted by molar-refractivity contribution is 0.0592. The molecule has 0 unspecified atom stereocenters. The largest absolute Gasteiger partial charge is 0.497 e. The minimum atomic E-state index is -0.194. The van der Waals surface area contributed by atoms with Crippen LogP contribution in [0.3, 0.4) is 0 Å². The number of furan rings is 1. The normalized spacial score (nSPS) is 14.5. The van der Waals surface area contributed by atoms with Gasteiger partial charge in [-0.15, -0.1) is 0 Å². The Hall–Kier alpha value is -3.32. The van der Waals surface area contributed by atoms with Gasteiger partial charge in [0.2, 0.25) is 0 Å². The monoisotopic (exact) mass is 424 g/mol. The number of piperazine rings is 1. The van der Waals surface area contributed by atoms with Crippen molar-refractivity contribution in [3.63, 3.8) is 0 Å². The van der Waals surface area contributed by atoms with E-state index < -0.39 is 0 Å². The summed E-state index contributed by atoms with van der Waals surface area (Å²) in [6.45, 7) is 3.30. The van der Waals surface area contributed by atoms with Crippen molar-refractivity contribution in [1.29, 1.82) is 0 Å². The maximum absolute atomic E-state index is 13.9. The van der Waals surface area contributed by atoms with Crippen LogP contribution in [-0.2, 0) is 13.2 Å². The Morgan fingerprint density at radius 1 is 0.968 bits per heavy atom. The fraction of sp³-hybridized carbons (Fsp3) is 0.292. The van der Waals surface area contributed by atoms with E-state index in [0.29, 0.717) is 55.6 Å². The van der Waals surface area contributed by atoms with Gasteiger partial charge in [-0.2, -0.15) is 0 Å². The van der Waals surface area contributed by atoms with E-state index in [9.17, 15) is 9.18 Å². The van der Waals surface area contributed by atoms with Crippen LogP contribution in [0.15, 0.2) is 65.1 Å². The molecule has 0 spiro atoms. The van der Waals surface area contributed by atoms with Crippen molar-refractivity contribution in [3.05, 3.63) is 83.6 Å². The van der Waals surface area contributed by atoms with Crippen LogP contribution < -0.4 is 9.47 Å². The summed E-state index contributed by atoms with van der Waals surface area (Å²) >= 11 is 0. The highest BCUT2D eigenvalue weighted by Gasteiger charge is 2.24. The molecule has 1 amide bonds. The first-order chi connectivity index (χ1) is 15.1. The number of ether oxygens (including phenoxy) is 2. The topological polar surface area (TPSA) is 55.2 Å². The lowest BCUT2D eigenvalue weighted by atomic mass is 10.2. The van der Waals surface area contributed by atoms with E-state index in [2.05, 4.69) is 4.90 Å². The Balaban J connectivity index is 1.27. The van der Waals surface area contributed by atoms with E-state index in [4.69, 9.17) is 13.9 Å². The molecule has 1 saturated heterocycles. The summed E-state index contributed by atoms with van der Waals surface area (Å²) in [4.78, 5) is 16.7. The number of benzene rings is 2. The molecular weight excluding hydrogens is 399 g/mol. The molecule has 162 valence electrons. The van der Waals surface area contributed by atoms with Gasteiger partial charge >= 0.3 is 0 Å². The molecule has 0 saturated carbocycles. The van der Waals surface area contributed by atoms with Crippen LogP contribution in [0.1, 0.15) is 21.9 Å². The van der Waals surface area contributed by atoms with Gasteiger partial charge in [-0.05, 0) is 42.5 Å². The molecule has 0 N–H and O–H groups in total. The highest BCUT2D eigenvalue weighted by atomic mass is 19.1. The Kier molecular flexibility index (Phi) is 6.52. The van der Waals surface area contributed by atoms with Crippen molar-refractivity contribution in [3.8, 4) is 11.5 Å². The Bertz CT molecular complexity index is 1010.